The van der Waals surface area contributed by atoms with Crippen LogP contribution < -0.4 is 10.6 Å². The van der Waals surface area contributed by atoms with Crippen LogP contribution >= 0.6 is 11.6 Å². The van der Waals surface area contributed by atoms with Gasteiger partial charge in [0.1, 0.15) is 0 Å². The number of benzene rings is 1. The molecule has 0 bridgehead atoms. The van der Waals surface area contributed by atoms with Gasteiger partial charge in [-0.15, -0.1) is 0 Å². The van der Waals surface area contributed by atoms with Gasteiger partial charge in [0.25, 0.3) is 0 Å². The van der Waals surface area contributed by atoms with Crippen LogP contribution in [-0.4, -0.2) is 23.8 Å². The summed E-state index contributed by atoms with van der Waals surface area (Å²) in [7, 11) is 0. The number of amides is 2. The fourth-order valence-corrected chi connectivity index (χ4v) is 1.90. The van der Waals surface area contributed by atoms with E-state index >= 15 is 0 Å². The minimum Gasteiger partial charge on any atom is -0.396 e. The molecule has 19 heavy (non-hydrogen) atoms. The molecule has 1 atom stereocenters. The predicted molar refractivity (Wildman–Crippen MR) is 78.7 cm³/mol. The lowest BCUT2D eigenvalue weighted by Gasteiger charge is -2.21. The molecule has 0 fully saturated rings. The third-order valence-corrected chi connectivity index (χ3v) is 3.40. The molecule has 0 aliphatic rings. The molecule has 0 saturated carbocycles. The average Bonchev–Trinajstić information content (AvgIpc) is 2.33. The number of anilines is 1. The Morgan fingerprint density at radius 1 is 1.42 bits per heavy atom. The molecular weight excluding hydrogens is 264 g/mol. The van der Waals surface area contributed by atoms with E-state index in [-0.39, 0.29) is 24.6 Å². The largest absolute Gasteiger partial charge is 0.396 e. The van der Waals surface area contributed by atoms with Gasteiger partial charge >= 0.3 is 6.03 Å². The minimum absolute atomic E-state index is 0.0501. The van der Waals surface area contributed by atoms with Gasteiger partial charge in [0.05, 0.1) is 0 Å². The third kappa shape index (κ3) is 5.09. The number of hydrogen-bond donors (Lipinski definition) is 3. The van der Waals surface area contributed by atoms with E-state index in [0.29, 0.717) is 17.1 Å². The number of halogens is 1. The number of carbonyl (C=O) groups excluding carboxylic acids is 1. The van der Waals surface area contributed by atoms with E-state index in [1.807, 2.05) is 26.8 Å². The molecule has 0 saturated heterocycles. The summed E-state index contributed by atoms with van der Waals surface area (Å²) in [4.78, 5) is 11.9. The average molecular weight is 285 g/mol. The van der Waals surface area contributed by atoms with Crippen molar-refractivity contribution >= 4 is 23.3 Å². The van der Waals surface area contributed by atoms with Crippen LogP contribution in [0.1, 0.15) is 25.8 Å². The molecule has 106 valence electrons. The zero-order valence-corrected chi connectivity index (χ0v) is 12.3. The van der Waals surface area contributed by atoms with Gasteiger partial charge < -0.3 is 15.7 Å². The first-order chi connectivity index (χ1) is 8.93. The second-order valence-electron chi connectivity index (χ2n) is 4.93. The summed E-state index contributed by atoms with van der Waals surface area (Å²) in [6.45, 7) is 5.97. The van der Waals surface area contributed by atoms with E-state index in [9.17, 15) is 4.79 Å². The Bertz CT molecular complexity index is 435. The summed E-state index contributed by atoms with van der Waals surface area (Å²) in [5, 5.41) is 15.2. The van der Waals surface area contributed by atoms with Crippen molar-refractivity contribution in [2.45, 2.75) is 33.2 Å². The second kappa shape index (κ2) is 7.36. The van der Waals surface area contributed by atoms with Crippen molar-refractivity contribution in [3.05, 3.63) is 28.8 Å². The number of aryl methyl sites for hydroxylation is 1. The van der Waals surface area contributed by atoms with Crippen LogP contribution in [0, 0.1) is 12.8 Å². The SMILES string of the molecule is Cc1ccc(NC(=O)NC(CCO)C(C)C)cc1Cl. The van der Waals surface area contributed by atoms with E-state index in [1.165, 1.54) is 0 Å². The molecule has 0 aliphatic heterocycles. The van der Waals surface area contributed by atoms with E-state index < -0.39 is 0 Å². The van der Waals surface area contributed by atoms with Crippen molar-refractivity contribution in [2.24, 2.45) is 5.92 Å². The third-order valence-electron chi connectivity index (χ3n) is 2.99. The Morgan fingerprint density at radius 2 is 2.11 bits per heavy atom. The summed E-state index contributed by atoms with van der Waals surface area (Å²) in [5.74, 6) is 0.263. The number of aliphatic hydroxyl groups is 1. The molecule has 0 aromatic heterocycles. The Morgan fingerprint density at radius 3 is 2.63 bits per heavy atom. The van der Waals surface area contributed by atoms with Crippen LogP contribution in [0.5, 0.6) is 0 Å². The van der Waals surface area contributed by atoms with Crippen molar-refractivity contribution in [3.63, 3.8) is 0 Å². The summed E-state index contributed by atoms with van der Waals surface area (Å²) < 4.78 is 0. The maximum atomic E-state index is 11.9. The predicted octanol–water partition coefficient (Wildman–Crippen LogP) is 3.18. The summed E-state index contributed by atoms with van der Waals surface area (Å²) >= 11 is 6.00. The van der Waals surface area contributed by atoms with Crippen LogP contribution in [-0.2, 0) is 0 Å². The highest BCUT2D eigenvalue weighted by molar-refractivity contribution is 6.31. The Balaban J connectivity index is 2.61. The Labute approximate surface area is 119 Å². The zero-order chi connectivity index (χ0) is 14.4. The van der Waals surface area contributed by atoms with Crippen molar-refractivity contribution in [3.8, 4) is 0 Å². The van der Waals surface area contributed by atoms with E-state index in [1.54, 1.807) is 12.1 Å². The number of aliphatic hydroxyl groups excluding tert-OH is 1. The standard InChI is InChI=1S/C14H21ClN2O2/c1-9(2)13(6-7-18)17-14(19)16-11-5-4-10(3)12(15)8-11/h4-5,8-9,13,18H,6-7H2,1-3H3,(H2,16,17,19). The number of hydrogen-bond acceptors (Lipinski definition) is 2. The fourth-order valence-electron chi connectivity index (χ4n) is 1.72. The highest BCUT2D eigenvalue weighted by Crippen LogP contribution is 2.19. The molecule has 1 aromatic rings. The van der Waals surface area contributed by atoms with Crippen LogP contribution in [0.2, 0.25) is 5.02 Å². The van der Waals surface area contributed by atoms with Crippen LogP contribution in [0.3, 0.4) is 0 Å². The van der Waals surface area contributed by atoms with Gasteiger partial charge in [-0.05, 0) is 37.0 Å². The van der Waals surface area contributed by atoms with Crippen molar-refractivity contribution in [1.29, 1.82) is 0 Å². The lowest BCUT2D eigenvalue weighted by atomic mass is 10.0. The quantitative estimate of drug-likeness (QED) is 0.778. The molecule has 5 heteroatoms. The normalized spacial score (nSPS) is 12.3. The first kappa shape index (κ1) is 15.8. The molecular formula is C14H21ClN2O2. The van der Waals surface area contributed by atoms with Crippen LogP contribution in [0.15, 0.2) is 18.2 Å². The smallest absolute Gasteiger partial charge is 0.319 e. The fraction of sp³-hybridized carbons (Fsp3) is 0.500. The summed E-state index contributed by atoms with van der Waals surface area (Å²) in [6, 6.07) is 5.04. The van der Waals surface area contributed by atoms with Gasteiger partial charge in [-0.2, -0.15) is 0 Å². The first-order valence-corrected chi connectivity index (χ1v) is 6.76. The highest BCUT2D eigenvalue weighted by Gasteiger charge is 2.15. The lowest BCUT2D eigenvalue weighted by molar-refractivity contribution is 0.227. The number of nitrogens with one attached hydrogen (secondary N) is 2. The number of carbonyl (C=O) groups is 1. The monoisotopic (exact) mass is 284 g/mol. The first-order valence-electron chi connectivity index (χ1n) is 6.38. The topological polar surface area (TPSA) is 61.4 Å². The van der Waals surface area contributed by atoms with E-state index in [0.717, 1.165) is 5.56 Å². The Kier molecular flexibility index (Phi) is 6.12. The van der Waals surface area contributed by atoms with E-state index in [4.69, 9.17) is 16.7 Å². The van der Waals surface area contributed by atoms with Crippen LogP contribution in [0.25, 0.3) is 0 Å². The molecule has 1 rings (SSSR count). The summed E-state index contributed by atoms with van der Waals surface area (Å²) in [5.41, 5.74) is 1.62. The molecule has 4 nitrogen and oxygen atoms in total. The number of rotatable bonds is 5. The van der Waals surface area contributed by atoms with E-state index in [2.05, 4.69) is 10.6 Å². The molecule has 0 aliphatic carbocycles. The lowest BCUT2D eigenvalue weighted by Crippen LogP contribution is -2.41. The molecule has 3 N–H and O–H groups in total. The molecule has 1 unspecified atom stereocenters. The minimum atomic E-state index is -0.285. The maximum absolute atomic E-state index is 11.9. The molecule has 0 heterocycles. The zero-order valence-electron chi connectivity index (χ0n) is 11.5. The van der Waals surface area contributed by atoms with Crippen molar-refractivity contribution in [1.82, 2.24) is 5.32 Å². The van der Waals surface area contributed by atoms with Crippen LogP contribution in [0.4, 0.5) is 10.5 Å². The van der Waals surface area contributed by atoms with Gasteiger partial charge in [-0.3, -0.25) is 0 Å². The van der Waals surface area contributed by atoms with Crippen molar-refractivity contribution in [2.75, 3.05) is 11.9 Å². The van der Waals surface area contributed by atoms with Gasteiger partial charge in [0.15, 0.2) is 0 Å². The number of urea groups is 1. The second-order valence-corrected chi connectivity index (χ2v) is 5.33. The van der Waals surface area contributed by atoms with Gasteiger partial charge in [-0.1, -0.05) is 31.5 Å². The maximum Gasteiger partial charge on any atom is 0.319 e. The van der Waals surface area contributed by atoms with Gasteiger partial charge in [0, 0.05) is 23.4 Å². The highest BCUT2D eigenvalue weighted by atomic mass is 35.5. The van der Waals surface area contributed by atoms with Crippen molar-refractivity contribution < 1.29 is 9.90 Å². The summed E-state index contributed by atoms with van der Waals surface area (Å²) in [6.07, 6.45) is 0.541. The molecule has 0 spiro atoms. The van der Waals surface area contributed by atoms with Gasteiger partial charge in [0.2, 0.25) is 0 Å². The van der Waals surface area contributed by atoms with Gasteiger partial charge in [-0.25, -0.2) is 4.79 Å². The molecule has 0 radical (unpaired) electrons. The molecule has 2 amide bonds. The Hall–Kier alpha value is -1.26. The molecule has 1 aromatic carbocycles.